The number of nitrogens with one attached hydrogen (secondary N) is 1. The lowest BCUT2D eigenvalue weighted by atomic mass is 10.2. The van der Waals surface area contributed by atoms with Crippen molar-refractivity contribution in [3.05, 3.63) is 32.6 Å². The molecule has 0 saturated carbocycles. The molecule has 12 nitrogen and oxygen atoms in total. The van der Waals surface area contributed by atoms with Gasteiger partial charge in [0.15, 0.2) is 6.23 Å². The van der Waals surface area contributed by atoms with Gasteiger partial charge in [-0.05, 0) is 6.92 Å². The highest BCUT2D eigenvalue weighted by molar-refractivity contribution is 7.53. The standard InChI is InChI=1S/C13H22N2O10P2/c1-7(2)26(18,19)25-10-4-9(6-23-27(20,21)22)24-12(10)15-5-8(3)11(16)14-13(15)17/h5,7,9-10,12H,4,6H2,1-3H3,(H,18,19)(H,14,16,17)(H2,20,21,22)/t9-,10-,12+/m0/s1. The van der Waals surface area contributed by atoms with E-state index in [-0.39, 0.29) is 12.0 Å². The summed E-state index contributed by atoms with van der Waals surface area (Å²) < 4.78 is 39.4. The van der Waals surface area contributed by atoms with Crippen LogP contribution in [0.25, 0.3) is 0 Å². The van der Waals surface area contributed by atoms with Gasteiger partial charge in [0.2, 0.25) is 0 Å². The molecule has 27 heavy (non-hydrogen) atoms. The molecule has 4 N–H and O–H groups in total. The fraction of sp³-hybridized carbons (Fsp3) is 0.692. The molecule has 4 atom stereocenters. The molecular weight excluding hydrogens is 406 g/mol. The van der Waals surface area contributed by atoms with Gasteiger partial charge in [0.25, 0.3) is 5.56 Å². The molecule has 1 unspecified atom stereocenters. The van der Waals surface area contributed by atoms with Crippen LogP contribution in [0.4, 0.5) is 0 Å². The zero-order chi connectivity index (χ0) is 20.6. The van der Waals surface area contributed by atoms with Crippen LogP contribution in [0.1, 0.15) is 32.1 Å². The lowest BCUT2D eigenvalue weighted by Crippen LogP contribution is -2.37. The lowest BCUT2D eigenvalue weighted by molar-refractivity contribution is -0.0492. The third kappa shape index (κ3) is 5.69. The Kier molecular flexibility index (Phi) is 6.66. The summed E-state index contributed by atoms with van der Waals surface area (Å²) >= 11 is 0. The Labute approximate surface area is 153 Å². The summed E-state index contributed by atoms with van der Waals surface area (Å²) in [6.45, 7) is 3.90. The minimum absolute atomic E-state index is 0.0629. The van der Waals surface area contributed by atoms with Gasteiger partial charge in [-0.1, -0.05) is 13.8 Å². The Morgan fingerprint density at radius 1 is 1.33 bits per heavy atom. The fourth-order valence-corrected chi connectivity index (χ4v) is 3.62. The van der Waals surface area contributed by atoms with Crippen molar-refractivity contribution < 1.29 is 37.6 Å². The predicted octanol–water partition coefficient (Wildman–Crippen LogP) is 0.221. The molecule has 0 radical (unpaired) electrons. The second-order valence-electron chi connectivity index (χ2n) is 6.45. The Bertz CT molecular complexity index is 888. The molecule has 154 valence electrons. The Morgan fingerprint density at radius 2 is 1.96 bits per heavy atom. The highest BCUT2D eigenvalue weighted by Gasteiger charge is 2.43. The molecule has 1 aliphatic rings. The van der Waals surface area contributed by atoms with Crippen LogP contribution < -0.4 is 11.2 Å². The maximum atomic E-state index is 12.3. The highest BCUT2D eigenvalue weighted by Crippen LogP contribution is 2.51. The second kappa shape index (κ2) is 8.10. The molecule has 0 spiro atoms. The van der Waals surface area contributed by atoms with E-state index in [0.29, 0.717) is 0 Å². The highest BCUT2D eigenvalue weighted by atomic mass is 31.2. The van der Waals surface area contributed by atoms with Crippen molar-refractivity contribution in [1.29, 1.82) is 0 Å². The van der Waals surface area contributed by atoms with Gasteiger partial charge < -0.3 is 23.9 Å². The van der Waals surface area contributed by atoms with Crippen LogP contribution in [-0.4, -0.2) is 48.7 Å². The fourth-order valence-electron chi connectivity index (χ4n) is 2.43. The average Bonchev–Trinajstić information content (AvgIpc) is 2.90. The smallest absolute Gasteiger partial charge is 0.349 e. The van der Waals surface area contributed by atoms with E-state index in [1.54, 1.807) is 0 Å². The zero-order valence-corrected chi connectivity index (χ0v) is 16.6. The number of H-pyrrole nitrogens is 1. The lowest BCUT2D eigenvalue weighted by Gasteiger charge is -2.24. The van der Waals surface area contributed by atoms with Crippen molar-refractivity contribution in [3.8, 4) is 0 Å². The molecule has 1 aliphatic heterocycles. The van der Waals surface area contributed by atoms with Crippen LogP contribution in [0.5, 0.6) is 0 Å². The van der Waals surface area contributed by atoms with E-state index >= 15 is 0 Å². The van der Waals surface area contributed by atoms with E-state index < -0.39 is 57.4 Å². The molecule has 14 heteroatoms. The topological polar surface area (TPSA) is 177 Å². The third-order valence-corrected chi connectivity index (χ3v) is 6.30. The Hall–Kier alpha value is -1.10. The van der Waals surface area contributed by atoms with Crippen LogP contribution in [0.3, 0.4) is 0 Å². The van der Waals surface area contributed by atoms with Crippen LogP contribution in [-0.2, 0) is 22.9 Å². The normalized spacial score (nSPS) is 25.7. The number of phosphoric ester groups is 1. The summed E-state index contributed by atoms with van der Waals surface area (Å²) in [4.78, 5) is 53.4. The molecule has 2 heterocycles. The SMILES string of the molecule is Cc1cn([C@@H]2O[C@H](COP(=O)(O)O)C[C@@H]2OP(=O)(O)C(C)C)c(=O)[nH]c1=O. The Balaban J connectivity index is 2.34. The first-order valence-electron chi connectivity index (χ1n) is 7.98. The molecule has 0 amide bonds. The molecule has 0 aliphatic carbocycles. The predicted molar refractivity (Wildman–Crippen MR) is 92.4 cm³/mol. The van der Waals surface area contributed by atoms with Gasteiger partial charge in [-0.3, -0.25) is 23.4 Å². The van der Waals surface area contributed by atoms with E-state index in [4.69, 9.17) is 19.0 Å². The molecule has 1 aromatic rings. The quantitative estimate of drug-likeness (QED) is 0.439. The first-order valence-corrected chi connectivity index (χ1v) is 11.2. The van der Waals surface area contributed by atoms with E-state index in [1.165, 1.54) is 27.0 Å². The second-order valence-corrected chi connectivity index (χ2v) is 10.1. The summed E-state index contributed by atoms with van der Waals surface area (Å²) in [5.41, 5.74) is -1.94. The Morgan fingerprint density at radius 3 is 2.52 bits per heavy atom. The van der Waals surface area contributed by atoms with Crippen LogP contribution in [0, 0.1) is 6.92 Å². The van der Waals surface area contributed by atoms with Crippen molar-refractivity contribution in [2.24, 2.45) is 0 Å². The van der Waals surface area contributed by atoms with Gasteiger partial charge >= 0.3 is 21.1 Å². The summed E-state index contributed by atoms with van der Waals surface area (Å²) in [5.74, 6) is 0. The number of rotatable bonds is 7. The third-order valence-electron chi connectivity index (χ3n) is 3.93. The first kappa shape index (κ1) is 22.2. The van der Waals surface area contributed by atoms with Gasteiger partial charge in [-0.2, -0.15) is 0 Å². The van der Waals surface area contributed by atoms with Crippen molar-refractivity contribution in [1.82, 2.24) is 9.55 Å². The number of hydrogen-bond acceptors (Lipinski definition) is 7. The number of ether oxygens (including phenoxy) is 1. The maximum absolute atomic E-state index is 12.3. The van der Waals surface area contributed by atoms with Crippen LogP contribution in [0.2, 0.25) is 0 Å². The van der Waals surface area contributed by atoms with Gasteiger partial charge in [0.1, 0.15) is 6.10 Å². The summed E-state index contributed by atoms with van der Waals surface area (Å²) in [5, 5.41) is 0. The van der Waals surface area contributed by atoms with Gasteiger partial charge in [-0.25, -0.2) is 9.36 Å². The van der Waals surface area contributed by atoms with E-state index in [2.05, 4.69) is 9.51 Å². The number of aryl methyl sites for hydroxylation is 1. The minimum atomic E-state index is -4.75. The molecular formula is C13H22N2O10P2. The van der Waals surface area contributed by atoms with E-state index in [0.717, 1.165) is 4.57 Å². The van der Waals surface area contributed by atoms with Gasteiger partial charge in [0, 0.05) is 18.2 Å². The van der Waals surface area contributed by atoms with Crippen molar-refractivity contribution in [2.45, 2.75) is 51.3 Å². The largest absolute Gasteiger partial charge is 0.469 e. The van der Waals surface area contributed by atoms with E-state index in [1.807, 2.05) is 0 Å². The number of aromatic nitrogens is 2. The average molecular weight is 428 g/mol. The number of hydrogen-bond donors (Lipinski definition) is 4. The number of aromatic amines is 1. The van der Waals surface area contributed by atoms with Gasteiger partial charge in [0.05, 0.1) is 18.4 Å². The van der Waals surface area contributed by atoms with Crippen molar-refractivity contribution in [3.63, 3.8) is 0 Å². The summed E-state index contributed by atoms with van der Waals surface area (Å²) in [6, 6.07) is 0. The van der Waals surface area contributed by atoms with Crippen molar-refractivity contribution in [2.75, 3.05) is 6.61 Å². The van der Waals surface area contributed by atoms with Crippen LogP contribution in [0.15, 0.2) is 15.8 Å². The zero-order valence-electron chi connectivity index (χ0n) is 14.8. The minimum Gasteiger partial charge on any atom is -0.349 e. The maximum Gasteiger partial charge on any atom is 0.469 e. The molecule has 0 aromatic carbocycles. The number of phosphoric acid groups is 1. The summed E-state index contributed by atoms with van der Waals surface area (Å²) in [6.07, 6.45) is -2.05. The van der Waals surface area contributed by atoms with E-state index in [9.17, 15) is 23.6 Å². The van der Waals surface area contributed by atoms with Crippen molar-refractivity contribution >= 4 is 15.4 Å². The molecule has 1 saturated heterocycles. The molecule has 2 rings (SSSR count). The monoisotopic (exact) mass is 428 g/mol. The summed E-state index contributed by atoms with van der Waals surface area (Å²) in [7, 11) is -8.80. The van der Waals surface area contributed by atoms with Crippen LogP contribution >= 0.6 is 15.4 Å². The van der Waals surface area contributed by atoms with Gasteiger partial charge in [-0.15, -0.1) is 0 Å². The number of nitrogens with zero attached hydrogens (tertiary/aromatic N) is 1. The molecule has 1 aromatic heterocycles. The first-order chi connectivity index (χ1) is 12.3. The molecule has 0 bridgehead atoms. The molecule has 1 fully saturated rings.